The molecule has 0 radical (unpaired) electrons. The minimum Gasteiger partial charge on any atom is -0.493 e. The van der Waals surface area contributed by atoms with Gasteiger partial charge in [0.15, 0.2) is 18.1 Å². The van der Waals surface area contributed by atoms with Gasteiger partial charge in [-0.05, 0) is 52.2 Å². The second-order valence-corrected chi connectivity index (χ2v) is 6.80. The van der Waals surface area contributed by atoms with Crippen LogP contribution in [0.25, 0.3) is 5.65 Å². The third-order valence-electron chi connectivity index (χ3n) is 3.90. The number of nitrogens with zero attached hydrogens (tertiary/aromatic N) is 2. The molecule has 0 aliphatic rings. The molecule has 0 spiro atoms. The molecule has 0 saturated heterocycles. The normalized spacial score (nSPS) is 10.6. The van der Waals surface area contributed by atoms with Crippen molar-refractivity contribution in [2.24, 2.45) is 0 Å². The van der Waals surface area contributed by atoms with Crippen LogP contribution in [0.1, 0.15) is 11.3 Å². The Kier molecular flexibility index (Phi) is 6.13. The lowest BCUT2D eigenvalue weighted by atomic mass is 10.1. The summed E-state index contributed by atoms with van der Waals surface area (Å²) in [7, 11) is 1.57. The largest absolute Gasteiger partial charge is 0.493 e. The first-order valence-corrected chi connectivity index (χ1v) is 9.19. The zero-order chi connectivity index (χ0) is 19.2. The van der Waals surface area contributed by atoms with Crippen LogP contribution in [-0.2, 0) is 17.8 Å². The molecule has 0 atom stereocenters. The summed E-state index contributed by atoms with van der Waals surface area (Å²) in [5, 5.41) is 2.81. The van der Waals surface area contributed by atoms with Crippen LogP contribution in [0, 0.1) is 0 Å². The van der Waals surface area contributed by atoms with Crippen LogP contribution in [0.15, 0.2) is 59.9 Å². The molecule has 0 aliphatic heterocycles. The number of allylic oxidation sites excluding steroid dienone is 1. The Morgan fingerprint density at radius 2 is 2.15 bits per heavy atom. The quantitative estimate of drug-likeness (QED) is 0.556. The summed E-state index contributed by atoms with van der Waals surface area (Å²) in [6.45, 7) is 3.95. The molecule has 140 valence electrons. The number of methoxy groups -OCH3 is 1. The van der Waals surface area contributed by atoms with Gasteiger partial charge < -0.3 is 19.2 Å². The van der Waals surface area contributed by atoms with Crippen molar-refractivity contribution in [1.29, 1.82) is 0 Å². The molecule has 3 rings (SSSR count). The van der Waals surface area contributed by atoms with Gasteiger partial charge in [0.25, 0.3) is 5.91 Å². The topological polar surface area (TPSA) is 64.9 Å². The van der Waals surface area contributed by atoms with Crippen LogP contribution in [-0.4, -0.2) is 29.0 Å². The molecule has 2 heterocycles. The van der Waals surface area contributed by atoms with Crippen molar-refractivity contribution in [2.45, 2.75) is 13.0 Å². The fourth-order valence-electron chi connectivity index (χ4n) is 2.61. The van der Waals surface area contributed by atoms with E-state index in [2.05, 4.69) is 32.8 Å². The van der Waals surface area contributed by atoms with Crippen LogP contribution in [0.5, 0.6) is 11.5 Å². The average molecular weight is 430 g/mol. The highest BCUT2D eigenvalue weighted by Crippen LogP contribution is 2.28. The van der Waals surface area contributed by atoms with E-state index in [1.165, 1.54) is 0 Å². The van der Waals surface area contributed by atoms with Crippen molar-refractivity contribution >= 4 is 27.5 Å². The predicted octanol–water partition coefficient (Wildman–Crippen LogP) is 3.53. The van der Waals surface area contributed by atoms with Crippen molar-refractivity contribution in [2.75, 3.05) is 13.7 Å². The zero-order valence-electron chi connectivity index (χ0n) is 14.9. The Morgan fingerprint density at radius 1 is 1.30 bits per heavy atom. The number of ether oxygens (including phenoxy) is 2. The lowest BCUT2D eigenvalue weighted by Gasteiger charge is -2.11. The third-order valence-corrected chi connectivity index (χ3v) is 4.37. The van der Waals surface area contributed by atoms with Crippen LogP contribution < -0.4 is 14.8 Å². The van der Waals surface area contributed by atoms with Gasteiger partial charge in [0.1, 0.15) is 5.65 Å². The Balaban J connectivity index is 1.55. The van der Waals surface area contributed by atoms with Crippen molar-refractivity contribution in [3.8, 4) is 11.5 Å². The van der Waals surface area contributed by atoms with Gasteiger partial charge in [-0.15, -0.1) is 6.58 Å². The molecule has 6 nitrogen and oxygen atoms in total. The number of fused-ring (bicyclic) bond motifs is 1. The number of pyridine rings is 1. The fraction of sp³-hybridized carbons (Fsp3) is 0.200. The zero-order valence-corrected chi connectivity index (χ0v) is 16.5. The maximum absolute atomic E-state index is 12.1. The molecule has 0 saturated carbocycles. The van der Waals surface area contributed by atoms with E-state index >= 15 is 0 Å². The first-order valence-electron chi connectivity index (χ1n) is 8.39. The predicted molar refractivity (Wildman–Crippen MR) is 107 cm³/mol. The maximum Gasteiger partial charge on any atom is 0.258 e. The summed E-state index contributed by atoms with van der Waals surface area (Å²) in [5.41, 5.74) is 2.66. The van der Waals surface area contributed by atoms with Crippen molar-refractivity contribution in [3.05, 3.63) is 71.1 Å². The van der Waals surface area contributed by atoms with Gasteiger partial charge in [0, 0.05) is 16.9 Å². The van der Waals surface area contributed by atoms with Crippen molar-refractivity contribution in [1.82, 2.24) is 14.7 Å². The van der Waals surface area contributed by atoms with E-state index in [4.69, 9.17) is 9.47 Å². The number of amides is 1. The number of carbonyl (C=O) groups excluding carboxylic acids is 1. The first kappa shape index (κ1) is 19.0. The summed E-state index contributed by atoms with van der Waals surface area (Å²) >= 11 is 3.42. The lowest BCUT2D eigenvalue weighted by Crippen LogP contribution is -2.28. The number of nitrogens with one attached hydrogen (secondary N) is 1. The average Bonchev–Trinajstić information content (AvgIpc) is 3.07. The maximum atomic E-state index is 12.1. The Hall–Kier alpha value is -2.80. The standard InChI is InChI=1S/C20H20BrN3O3/c1-3-4-14-5-7-17(18(9-14)26-2)27-13-20(25)22-10-16-12-24-11-15(21)6-8-19(24)23-16/h3,5-9,11-12H,1,4,10,13H2,2H3,(H,22,25). The van der Waals surface area contributed by atoms with Crippen LogP contribution in [0.3, 0.4) is 0 Å². The summed E-state index contributed by atoms with van der Waals surface area (Å²) in [5.74, 6) is 0.886. The van der Waals surface area contributed by atoms with E-state index < -0.39 is 0 Å². The smallest absolute Gasteiger partial charge is 0.258 e. The number of imidazole rings is 1. The Bertz CT molecular complexity index is 968. The van der Waals surface area contributed by atoms with Crippen LogP contribution in [0.2, 0.25) is 0 Å². The molecule has 3 aromatic rings. The third kappa shape index (κ3) is 4.89. The molecule has 0 fully saturated rings. The molecular formula is C20H20BrN3O3. The first-order chi connectivity index (χ1) is 13.1. The Labute approximate surface area is 165 Å². The van der Waals surface area contributed by atoms with Gasteiger partial charge in [-0.2, -0.15) is 0 Å². The monoisotopic (exact) mass is 429 g/mol. The number of rotatable bonds is 8. The summed E-state index contributed by atoms with van der Waals surface area (Å²) in [6.07, 6.45) is 6.36. The van der Waals surface area contributed by atoms with Gasteiger partial charge in [-0.25, -0.2) is 4.98 Å². The molecule has 2 aromatic heterocycles. The van der Waals surface area contributed by atoms with Crippen LogP contribution in [0.4, 0.5) is 0 Å². The van der Waals surface area contributed by atoms with E-state index in [1.807, 2.05) is 47.1 Å². The summed E-state index contributed by atoms with van der Waals surface area (Å²) in [6, 6.07) is 9.42. The molecule has 27 heavy (non-hydrogen) atoms. The van der Waals surface area contributed by atoms with Gasteiger partial charge in [0.05, 0.1) is 19.3 Å². The lowest BCUT2D eigenvalue weighted by molar-refractivity contribution is -0.123. The van der Waals surface area contributed by atoms with Gasteiger partial charge in [-0.3, -0.25) is 4.79 Å². The van der Waals surface area contributed by atoms with E-state index in [-0.39, 0.29) is 12.5 Å². The summed E-state index contributed by atoms with van der Waals surface area (Å²) < 4.78 is 13.8. The van der Waals surface area contributed by atoms with Crippen molar-refractivity contribution in [3.63, 3.8) is 0 Å². The number of halogens is 1. The van der Waals surface area contributed by atoms with Gasteiger partial charge >= 0.3 is 0 Å². The molecular weight excluding hydrogens is 410 g/mol. The molecule has 7 heteroatoms. The molecule has 1 N–H and O–H groups in total. The SMILES string of the molecule is C=CCc1ccc(OCC(=O)NCc2cn3cc(Br)ccc3n2)c(OC)c1. The molecule has 1 aromatic carbocycles. The van der Waals surface area contributed by atoms with E-state index in [1.54, 1.807) is 13.2 Å². The second kappa shape index (κ2) is 8.73. The molecule has 0 bridgehead atoms. The number of aromatic nitrogens is 2. The van der Waals surface area contributed by atoms with E-state index in [0.29, 0.717) is 18.0 Å². The Morgan fingerprint density at radius 3 is 2.93 bits per heavy atom. The highest BCUT2D eigenvalue weighted by molar-refractivity contribution is 9.10. The van der Waals surface area contributed by atoms with E-state index in [0.717, 1.165) is 27.8 Å². The van der Waals surface area contributed by atoms with Crippen molar-refractivity contribution < 1.29 is 14.3 Å². The van der Waals surface area contributed by atoms with Crippen LogP contribution >= 0.6 is 15.9 Å². The molecule has 0 unspecified atom stereocenters. The van der Waals surface area contributed by atoms with Gasteiger partial charge in [0.2, 0.25) is 0 Å². The van der Waals surface area contributed by atoms with Gasteiger partial charge in [-0.1, -0.05) is 12.1 Å². The fourth-order valence-corrected chi connectivity index (χ4v) is 2.96. The minimum atomic E-state index is -0.231. The number of carbonyl (C=O) groups is 1. The number of hydrogen-bond donors (Lipinski definition) is 1. The number of hydrogen-bond acceptors (Lipinski definition) is 4. The molecule has 0 aliphatic carbocycles. The molecule has 1 amide bonds. The highest BCUT2D eigenvalue weighted by atomic mass is 79.9. The highest BCUT2D eigenvalue weighted by Gasteiger charge is 2.09. The summed E-state index contributed by atoms with van der Waals surface area (Å²) in [4.78, 5) is 16.6. The second-order valence-electron chi connectivity index (χ2n) is 5.89. The minimum absolute atomic E-state index is 0.101. The number of benzene rings is 1. The van der Waals surface area contributed by atoms with E-state index in [9.17, 15) is 4.79 Å².